The van der Waals surface area contributed by atoms with Crippen LogP contribution in [0.25, 0.3) is 0 Å². The molecule has 1 heterocycles. The van der Waals surface area contributed by atoms with Gasteiger partial charge in [0.15, 0.2) is 0 Å². The number of aliphatic hydroxyl groups excluding tert-OH is 1. The molecule has 1 saturated heterocycles. The van der Waals surface area contributed by atoms with E-state index in [0.717, 1.165) is 42.2 Å². The third-order valence-corrected chi connectivity index (χ3v) is 4.47. The molecule has 2 aromatic carbocycles. The van der Waals surface area contributed by atoms with Crippen molar-refractivity contribution in [2.24, 2.45) is 0 Å². The highest BCUT2D eigenvalue weighted by Crippen LogP contribution is 2.32. The molecule has 0 spiro atoms. The molecule has 1 aliphatic heterocycles. The third-order valence-electron chi connectivity index (χ3n) is 4.47. The number of aliphatic hydroxyl groups is 1. The Morgan fingerprint density at radius 3 is 2.72 bits per heavy atom. The van der Waals surface area contributed by atoms with Crippen molar-refractivity contribution >= 4 is 5.69 Å². The van der Waals surface area contributed by atoms with Gasteiger partial charge in [0, 0.05) is 25.3 Å². The first-order chi connectivity index (χ1) is 12.0. The van der Waals surface area contributed by atoms with Gasteiger partial charge in [-0.15, -0.1) is 0 Å². The quantitative estimate of drug-likeness (QED) is 0.875. The molecule has 1 aliphatic rings. The Kier molecular flexibility index (Phi) is 5.56. The van der Waals surface area contributed by atoms with E-state index in [1.54, 1.807) is 6.92 Å². The maximum absolute atomic E-state index is 13.3. The highest BCUT2D eigenvalue weighted by atomic mass is 19.1. The zero-order valence-electron chi connectivity index (χ0n) is 14.7. The number of nitrogens with one attached hydrogen (secondary N) is 1. The van der Waals surface area contributed by atoms with Crippen molar-refractivity contribution in [2.45, 2.75) is 26.0 Å². The molecule has 0 amide bonds. The van der Waals surface area contributed by atoms with Crippen LogP contribution in [0.1, 0.15) is 24.1 Å². The summed E-state index contributed by atoms with van der Waals surface area (Å²) in [5, 5.41) is 12.8. The van der Waals surface area contributed by atoms with E-state index in [1.807, 2.05) is 24.3 Å². The molecular formula is C20H25FN2O2. The fourth-order valence-electron chi connectivity index (χ4n) is 3.23. The lowest BCUT2D eigenvalue weighted by molar-refractivity contribution is 0.122. The standard InChI is InChI=1S/C20H25FN2O2/c1-14-11-18(25-13-15(2)24)7-8-19(14)23-10-9-22-12-20(23)16-3-5-17(21)6-4-16/h3-8,11,15,20,22,24H,9-10,12-13H2,1-2H3/t15-,20-/m0/s1. The van der Waals surface area contributed by atoms with Gasteiger partial charge in [-0.3, -0.25) is 0 Å². The summed E-state index contributed by atoms with van der Waals surface area (Å²) >= 11 is 0. The predicted octanol–water partition coefficient (Wildman–Crippen LogP) is 3.04. The second-order valence-electron chi connectivity index (χ2n) is 6.57. The first kappa shape index (κ1) is 17.7. The van der Waals surface area contributed by atoms with E-state index in [4.69, 9.17) is 4.74 Å². The van der Waals surface area contributed by atoms with Crippen LogP contribution in [0.2, 0.25) is 0 Å². The molecule has 134 valence electrons. The van der Waals surface area contributed by atoms with Crippen molar-refractivity contribution in [3.8, 4) is 5.75 Å². The topological polar surface area (TPSA) is 44.7 Å². The second-order valence-corrected chi connectivity index (χ2v) is 6.57. The van der Waals surface area contributed by atoms with E-state index in [-0.39, 0.29) is 18.5 Å². The van der Waals surface area contributed by atoms with Crippen LogP contribution in [-0.2, 0) is 0 Å². The lowest BCUT2D eigenvalue weighted by atomic mass is 10.0. The van der Waals surface area contributed by atoms with Crippen LogP contribution in [0, 0.1) is 12.7 Å². The van der Waals surface area contributed by atoms with Crippen LogP contribution >= 0.6 is 0 Å². The van der Waals surface area contributed by atoms with Gasteiger partial charge in [0.1, 0.15) is 18.2 Å². The van der Waals surface area contributed by atoms with Crippen LogP contribution in [0.4, 0.5) is 10.1 Å². The SMILES string of the molecule is Cc1cc(OC[C@H](C)O)ccc1N1CCNC[C@H]1c1ccc(F)cc1. The number of aryl methyl sites for hydroxylation is 1. The molecule has 2 atom stereocenters. The molecule has 3 rings (SSSR count). The number of rotatable bonds is 5. The molecule has 0 bridgehead atoms. The molecule has 4 nitrogen and oxygen atoms in total. The van der Waals surface area contributed by atoms with E-state index >= 15 is 0 Å². The number of benzene rings is 2. The van der Waals surface area contributed by atoms with Crippen molar-refractivity contribution in [2.75, 3.05) is 31.1 Å². The Hall–Kier alpha value is -2.11. The molecule has 0 aliphatic carbocycles. The highest BCUT2D eigenvalue weighted by Gasteiger charge is 2.25. The summed E-state index contributed by atoms with van der Waals surface area (Å²) < 4.78 is 18.8. The van der Waals surface area contributed by atoms with Gasteiger partial charge in [0.2, 0.25) is 0 Å². The third kappa shape index (κ3) is 4.30. The first-order valence-corrected chi connectivity index (χ1v) is 8.69. The number of hydrogen-bond acceptors (Lipinski definition) is 4. The second kappa shape index (κ2) is 7.85. The van der Waals surface area contributed by atoms with E-state index in [0.29, 0.717) is 0 Å². The molecule has 2 aromatic rings. The summed E-state index contributed by atoms with van der Waals surface area (Å²) in [5.41, 5.74) is 3.37. The zero-order valence-corrected chi connectivity index (χ0v) is 14.7. The van der Waals surface area contributed by atoms with E-state index in [1.165, 1.54) is 12.1 Å². The van der Waals surface area contributed by atoms with Crippen LogP contribution in [0.3, 0.4) is 0 Å². The van der Waals surface area contributed by atoms with Crippen molar-refractivity contribution < 1.29 is 14.2 Å². The van der Waals surface area contributed by atoms with Gasteiger partial charge < -0.3 is 20.1 Å². The van der Waals surface area contributed by atoms with E-state index in [9.17, 15) is 9.50 Å². The molecule has 0 unspecified atom stereocenters. The van der Waals surface area contributed by atoms with Gasteiger partial charge in [0.05, 0.1) is 12.1 Å². The monoisotopic (exact) mass is 344 g/mol. The maximum atomic E-state index is 13.3. The Morgan fingerprint density at radius 2 is 2.04 bits per heavy atom. The summed E-state index contributed by atoms with van der Waals surface area (Å²) in [4.78, 5) is 2.36. The van der Waals surface area contributed by atoms with E-state index < -0.39 is 6.10 Å². The maximum Gasteiger partial charge on any atom is 0.123 e. The van der Waals surface area contributed by atoms with Gasteiger partial charge in [-0.05, 0) is 55.3 Å². The molecule has 5 heteroatoms. The van der Waals surface area contributed by atoms with Crippen LogP contribution < -0.4 is 15.0 Å². The Balaban J connectivity index is 1.83. The average molecular weight is 344 g/mol. The minimum atomic E-state index is -0.490. The summed E-state index contributed by atoms with van der Waals surface area (Å²) in [6.07, 6.45) is -0.490. The van der Waals surface area contributed by atoms with Gasteiger partial charge >= 0.3 is 0 Å². The number of halogens is 1. The fraction of sp³-hybridized carbons (Fsp3) is 0.400. The van der Waals surface area contributed by atoms with Gasteiger partial charge in [-0.1, -0.05) is 12.1 Å². The van der Waals surface area contributed by atoms with Crippen molar-refractivity contribution in [1.29, 1.82) is 0 Å². The Morgan fingerprint density at radius 1 is 1.28 bits per heavy atom. The van der Waals surface area contributed by atoms with Crippen LogP contribution in [0.15, 0.2) is 42.5 Å². The molecule has 0 aromatic heterocycles. The summed E-state index contributed by atoms with van der Waals surface area (Å²) in [5.74, 6) is 0.547. The lowest BCUT2D eigenvalue weighted by Crippen LogP contribution is -2.46. The molecular weight excluding hydrogens is 319 g/mol. The zero-order chi connectivity index (χ0) is 17.8. The number of anilines is 1. The summed E-state index contributed by atoms with van der Waals surface area (Å²) in [7, 11) is 0. The molecule has 0 saturated carbocycles. The largest absolute Gasteiger partial charge is 0.491 e. The molecule has 0 radical (unpaired) electrons. The smallest absolute Gasteiger partial charge is 0.123 e. The van der Waals surface area contributed by atoms with E-state index in [2.05, 4.69) is 23.2 Å². The van der Waals surface area contributed by atoms with Crippen LogP contribution in [-0.4, -0.2) is 37.5 Å². The molecule has 1 fully saturated rings. The van der Waals surface area contributed by atoms with Crippen molar-refractivity contribution in [1.82, 2.24) is 5.32 Å². The number of nitrogens with zero attached hydrogens (tertiary/aromatic N) is 1. The summed E-state index contributed by atoms with van der Waals surface area (Å²) in [6.45, 7) is 6.67. The first-order valence-electron chi connectivity index (χ1n) is 8.69. The average Bonchev–Trinajstić information content (AvgIpc) is 2.61. The fourth-order valence-corrected chi connectivity index (χ4v) is 3.23. The van der Waals surface area contributed by atoms with Gasteiger partial charge in [0.25, 0.3) is 0 Å². The van der Waals surface area contributed by atoms with Crippen molar-refractivity contribution in [3.63, 3.8) is 0 Å². The van der Waals surface area contributed by atoms with Gasteiger partial charge in [-0.2, -0.15) is 0 Å². The molecule has 2 N–H and O–H groups in total. The molecule has 25 heavy (non-hydrogen) atoms. The van der Waals surface area contributed by atoms with Gasteiger partial charge in [-0.25, -0.2) is 4.39 Å². The Bertz CT molecular complexity index is 703. The number of piperazine rings is 1. The van der Waals surface area contributed by atoms with Crippen molar-refractivity contribution in [3.05, 3.63) is 59.4 Å². The summed E-state index contributed by atoms with van der Waals surface area (Å²) in [6, 6.07) is 12.9. The lowest BCUT2D eigenvalue weighted by Gasteiger charge is -2.39. The minimum Gasteiger partial charge on any atom is -0.491 e. The Labute approximate surface area is 148 Å². The normalized spacial score (nSPS) is 18.9. The highest BCUT2D eigenvalue weighted by molar-refractivity contribution is 5.58. The number of ether oxygens (including phenoxy) is 1. The predicted molar refractivity (Wildman–Crippen MR) is 97.7 cm³/mol. The number of hydrogen-bond donors (Lipinski definition) is 2. The minimum absolute atomic E-state index is 0.164. The van der Waals surface area contributed by atoms with Crippen LogP contribution in [0.5, 0.6) is 5.75 Å².